The van der Waals surface area contributed by atoms with Crippen LogP contribution in [-0.2, 0) is 5.60 Å². The Morgan fingerprint density at radius 2 is 1.51 bits per heavy atom. The minimum atomic E-state index is -1.13. The molecule has 0 spiro atoms. The van der Waals surface area contributed by atoms with Crippen molar-refractivity contribution in [1.82, 2.24) is 14.9 Å². The van der Waals surface area contributed by atoms with E-state index in [4.69, 9.17) is 33.5 Å². The highest BCUT2D eigenvalue weighted by atomic mass is 35.5. The largest absolute Gasteiger partial charge is 0.495 e. The molecule has 1 fully saturated rings. The van der Waals surface area contributed by atoms with Gasteiger partial charge in [0.05, 0.1) is 12.8 Å². The van der Waals surface area contributed by atoms with Gasteiger partial charge >= 0.3 is 0 Å². The number of guanidine groups is 1. The monoisotopic (exact) mass is 614 g/mol. The van der Waals surface area contributed by atoms with Crippen molar-refractivity contribution < 1.29 is 9.84 Å². The van der Waals surface area contributed by atoms with E-state index >= 15 is 0 Å². The maximum atomic E-state index is 12.3. The molecule has 5 rings (SSSR count). The van der Waals surface area contributed by atoms with Gasteiger partial charge in [0.25, 0.3) is 0 Å². The number of aromatic nitrogens is 2. The second kappa shape index (κ2) is 13.5. The summed E-state index contributed by atoms with van der Waals surface area (Å²) in [5, 5.41) is 19.6. The van der Waals surface area contributed by atoms with Crippen molar-refractivity contribution >= 4 is 46.5 Å². The molecule has 3 aromatic carbocycles. The lowest BCUT2D eigenvalue weighted by Gasteiger charge is -2.43. The number of piperidine rings is 1. The topological polar surface area (TPSA) is 94.9 Å². The Morgan fingerprint density at radius 3 is 2.07 bits per heavy atom. The number of benzene rings is 3. The normalized spacial score (nSPS) is 14.3. The average molecular weight is 615 g/mol. The third-order valence-corrected chi connectivity index (χ3v) is 8.06. The fraction of sp³-hybridized carbons (Fsp3) is 0.273. The SMILES string of the molecule is COc1ccc(Cl)cc1NC(=S)/N=C(/Nc1nc(C)cc(C)n1)N1CCC(C(O)(c2ccccc2)c2ccccc2)CC1. The Hall–Kier alpha value is -4.05. The summed E-state index contributed by atoms with van der Waals surface area (Å²) in [7, 11) is 1.58. The molecule has 0 saturated carbocycles. The third kappa shape index (κ3) is 7.13. The molecule has 222 valence electrons. The summed E-state index contributed by atoms with van der Waals surface area (Å²) in [5.41, 5.74) is 2.93. The van der Waals surface area contributed by atoms with Gasteiger partial charge in [-0.3, -0.25) is 5.32 Å². The number of anilines is 2. The zero-order valence-corrected chi connectivity index (χ0v) is 26.0. The van der Waals surface area contributed by atoms with Crippen molar-refractivity contribution in [2.45, 2.75) is 32.3 Å². The number of nitrogens with zero attached hydrogens (tertiary/aromatic N) is 4. The number of rotatable bonds is 6. The Balaban J connectivity index is 1.42. The smallest absolute Gasteiger partial charge is 0.229 e. The molecule has 0 radical (unpaired) electrons. The molecule has 1 saturated heterocycles. The first-order valence-corrected chi connectivity index (χ1v) is 15.0. The molecular weight excluding hydrogens is 580 g/mol. The molecule has 4 aromatic rings. The standard InChI is InChI=1S/C33H35ClN6O2S/c1-22-20-23(2)36-30(35-22)38-31(39-32(43)37-28-21-27(34)14-15-29(28)42-3)40-18-16-26(17-19-40)33(41,24-10-6-4-7-11-24)25-12-8-5-9-13-25/h4-15,20-21,26,41H,16-19H2,1-3H3,(H2,35,36,37,38,39,43). The second-order valence-electron chi connectivity index (χ2n) is 10.6. The van der Waals surface area contributed by atoms with Crippen LogP contribution in [0.4, 0.5) is 11.6 Å². The minimum absolute atomic E-state index is 0.0203. The number of ether oxygens (including phenoxy) is 1. The number of aliphatic hydroxyl groups is 1. The molecule has 43 heavy (non-hydrogen) atoms. The highest BCUT2D eigenvalue weighted by Gasteiger charge is 2.42. The molecule has 0 unspecified atom stereocenters. The molecule has 2 heterocycles. The number of hydrogen-bond acceptors (Lipinski definition) is 5. The Labute approximate surface area is 262 Å². The lowest BCUT2D eigenvalue weighted by molar-refractivity contribution is -0.00653. The summed E-state index contributed by atoms with van der Waals surface area (Å²) < 4.78 is 5.46. The maximum absolute atomic E-state index is 12.3. The highest BCUT2D eigenvalue weighted by molar-refractivity contribution is 7.80. The van der Waals surface area contributed by atoms with E-state index in [0.29, 0.717) is 41.5 Å². The number of halogens is 1. The summed E-state index contributed by atoms with van der Waals surface area (Å²) in [6.07, 6.45) is 1.44. The van der Waals surface area contributed by atoms with E-state index in [1.54, 1.807) is 25.3 Å². The van der Waals surface area contributed by atoms with Crippen LogP contribution in [0.2, 0.25) is 5.02 Å². The second-order valence-corrected chi connectivity index (χ2v) is 11.4. The predicted molar refractivity (Wildman–Crippen MR) is 177 cm³/mol. The van der Waals surface area contributed by atoms with Crippen molar-refractivity contribution in [3.05, 3.63) is 112 Å². The zero-order valence-electron chi connectivity index (χ0n) is 24.4. The van der Waals surface area contributed by atoms with Crippen molar-refractivity contribution in [3.63, 3.8) is 0 Å². The van der Waals surface area contributed by atoms with E-state index in [2.05, 4.69) is 25.5 Å². The summed E-state index contributed by atoms with van der Waals surface area (Å²) in [4.78, 5) is 16.0. The van der Waals surface area contributed by atoms with E-state index in [9.17, 15) is 5.11 Å². The van der Waals surface area contributed by atoms with E-state index in [1.807, 2.05) is 80.6 Å². The van der Waals surface area contributed by atoms with Crippen LogP contribution in [0.5, 0.6) is 5.75 Å². The van der Waals surface area contributed by atoms with Gasteiger partial charge in [-0.15, -0.1) is 0 Å². The number of nitrogens with one attached hydrogen (secondary N) is 2. The molecule has 1 aliphatic rings. The van der Waals surface area contributed by atoms with Gasteiger partial charge in [-0.2, -0.15) is 4.99 Å². The van der Waals surface area contributed by atoms with Crippen LogP contribution in [0, 0.1) is 19.8 Å². The van der Waals surface area contributed by atoms with Gasteiger partial charge in [0.15, 0.2) is 0 Å². The van der Waals surface area contributed by atoms with Gasteiger partial charge in [0.1, 0.15) is 11.4 Å². The van der Waals surface area contributed by atoms with Gasteiger partial charge in [0, 0.05) is 29.5 Å². The molecule has 0 aliphatic carbocycles. The predicted octanol–water partition coefficient (Wildman–Crippen LogP) is 6.57. The molecule has 0 atom stereocenters. The molecule has 3 N–H and O–H groups in total. The number of thiocarbonyl (C=S) groups is 1. The van der Waals surface area contributed by atoms with Crippen LogP contribution < -0.4 is 15.4 Å². The van der Waals surface area contributed by atoms with Gasteiger partial charge in [-0.1, -0.05) is 72.3 Å². The van der Waals surface area contributed by atoms with E-state index in [0.717, 1.165) is 35.4 Å². The van der Waals surface area contributed by atoms with Crippen molar-refractivity contribution in [3.8, 4) is 5.75 Å². The molecular formula is C33H35ClN6O2S. The van der Waals surface area contributed by atoms with Gasteiger partial charge in [-0.05, 0) is 80.2 Å². The summed E-state index contributed by atoms with van der Waals surface area (Å²) in [6.45, 7) is 5.11. The number of aliphatic imine (C=N–C) groups is 1. The number of hydrogen-bond donors (Lipinski definition) is 3. The first-order valence-electron chi connectivity index (χ1n) is 14.2. The van der Waals surface area contributed by atoms with Crippen molar-refractivity contribution in [2.75, 3.05) is 30.8 Å². The molecule has 8 nitrogen and oxygen atoms in total. The number of likely N-dealkylation sites (tertiary alicyclic amines) is 1. The van der Waals surface area contributed by atoms with E-state index < -0.39 is 5.60 Å². The Kier molecular flexibility index (Phi) is 9.55. The number of aryl methyl sites for hydroxylation is 2. The summed E-state index contributed by atoms with van der Waals surface area (Å²) >= 11 is 11.9. The molecule has 1 aliphatic heterocycles. The van der Waals surface area contributed by atoms with E-state index in [-0.39, 0.29) is 11.0 Å². The Morgan fingerprint density at radius 1 is 0.930 bits per heavy atom. The molecule has 1 aromatic heterocycles. The van der Waals surface area contributed by atoms with Crippen molar-refractivity contribution in [2.24, 2.45) is 10.9 Å². The van der Waals surface area contributed by atoms with Gasteiger partial charge < -0.3 is 20.1 Å². The van der Waals surface area contributed by atoms with Crippen LogP contribution in [-0.4, -0.2) is 51.2 Å². The molecule has 0 amide bonds. The van der Waals surface area contributed by atoms with Crippen LogP contribution in [0.15, 0.2) is 89.9 Å². The average Bonchev–Trinajstić information content (AvgIpc) is 3.01. The zero-order chi connectivity index (χ0) is 30.4. The minimum Gasteiger partial charge on any atom is -0.495 e. The highest BCUT2D eigenvalue weighted by Crippen LogP contribution is 2.42. The maximum Gasteiger partial charge on any atom is 0.229 e. The van der Waals surface area contributed by atoms with Gasteiger partial charge in [0.2, 0.25) is 17.0 Å². The van der Waals surface area contributed by atoms with Crippen LogP contribution in [0.3, 0.4) is 0 Å². The van der Waals surface area contributed by atoms with Crippen LogP contribution >= 0.6 is 23.8 Å². The summed E-state index contributed by atoms with van der Waals surface area (Å²) in [6, 6.07) is 27.0. The lowest BCUT2D eigenvalue weighted by atomic mass is 9.72. The molecule has 0 bridgehead atoms. The van der Waals surface area contributed by atoms with Crippen LogP contribution in [0.25, 0.3) is 0 Å². The molecule has 10 heteroatoms. The van der Waals surface area contributed by atoms with Crippen LogP contribution in [0.1, 0.15) is 35.4 Å². The number of methoxy groups -OCH3 is 1. The first-order chi connectivity index (χ1) is 20.8. The fourth-order valence-electron chi connectivity index (χ4n) is 5.61. The summed E-state index contributed by atoms with van der Waals surface area (Å²) in [5.74, 6) is 1.53. The first kappa shape index (κ1) is 30.4. The lowest BCUT2D eigenvalue weighted by Crippen LogP contribution is -2.48. The van der Waals surface area contributed by atoms with Gasteiger partial charge in [-0.25, -0.2) is 9.97 Å². The van der Waals surface area contributed by atoms with E-state index in [1.165, 1.54) is 0 Å². The fourth-order valence-corrected chi connectivity index (χ4v) is 5.98. The quantitative estimate of drug-likeness (QED) is 0.128. The third-order valence-electron chi connectivity index (χ3n) is 7.63. The van der Waals surface area contributed by atoms with Crippen molar-refractivity contribution in [1.29, 1.82) is 0 Å². The Bertz CT molecular complexity index is 1530.